The second kappa shape index (κ2) is 8.99. The van der Waals surface area contributed by atoms with Crippen LogP contribution in [0.3, 0.4) is 0 Å². The summed E-state index contributed by atoms with van der Waals surface area (Å²) in [5.41, 5.74) is 1.37. The molecule has 0 spiro atoms. The normalized spacial score (nSPS) is 14.9. The Hall–Kier alpha value is -3.58. The van der Waals surface area contributed by atoms with E-state index in [-0.39, 0.29) is 23.0 Å². The molecule has 3 heterocycles. The van der Waals surface area contributed by atoms with Crippen molar-refractivity contribution in [3.63, 3.8) is 0 Å². The number of hydrogen-bond acceptors (Lipinski definition) is 5. The average Bonchev–Trinajstić information content (AvgIpc) is 3.23. The lowest BCUT2D eigenvalue weighted by atomic mass is 10.1. The van der Waals surface area contributed by atoms with E-state index in [4.69, 9.17) is 9.47 Å². The minimum Gasteiger partial charge on any atom is -0.486 e. The van der Waals surface area contributed by atoms with Gasteiger partial charge in [-0.15, -0.1) is 11.3 Å². The Bertz CT molecular complexity index is 1410. The highest BCUT2D eigenvalue weighted by atomic mass is 32.1. The van der Waals surface area contributed by atoms with Crippen molar-refractivity contribution >= 4 is 27.3 Å². The first-order chi connectivity index (χ1) is 16.4. The smallest absolute Gasteiger partial charge is 0.259 e. The fraction of sp³-hybridized carbons (Fsp3) is 0.259. The first-order valence-corrected chi connectivity index (χ1v) is 12.0. The summed E-state index contributed by atoms with van der Waals surface area (Å²) in [5.74, 6) is 1.15. The van der Waals surface area contributed by atoms with E-state index < -0.39 is 0 Å². The number of rotatable bonds is 5. The van der Waals surface area contributed by atoms with E-state index >= 15 is 0 Å². The summed E-state index contributed by atoms with van der Waals surface area (Å²) in [6.45, 7) is 5.03. The molecule has 1 atom stereocenters. The molecule has 0 aliphatic carbocycles. The van der Waals surface area contributed by atoms with Gasteiger partial charge in [-0.1, -0.05) is 30.3 Å². The molecule has 1 aliphatic rings. The molecule has 0 bridgehead atoms. The minimum absolute atomic E-state index is 0.200. The van der Waals surface area contributed by atoms with Crippen LogP contribution in [0.4, 0.5) is 0 Å². The zero-order chi connectivity index (χ0) is 23.8. The second-order valence-corrected chi connectivity index (χ2v) is 9.80. The molecule has 1 unspecified atom stereocenters. The summed E-state index contributed by atoms with van der Waals surface area (Å²) in [4.78, 5) is 29.0. The highest BCUT2D eigenvalue weighted by molar-refractivity contribution is 7.19. The van der Waals surface area contributed by atoms with Crippen LogP contribution in [0, 0.1) is 13.8 Å². The molecule has 174 valence electrons. The molecule has 34 heavy (non-hydrogen) atoms. The van der Waals surface area contributed by atoms with Crippen molar-refractivity contribution in [3.8, 4) is 11.5 Å². The number of fused-ring (bicyclic) bond motifs is 2. The van der Waals surface area contributed by atoms with E-state index in [1.54, 1.807) is 23.3 Å². The standard InChI is InChI=1S/C27H26N2O4S/c1-17-12-22(30)26(27(31)28(3)15-21-13-19-8-4-7-11-25(19)34-21)18(2)29(17)14-20-16-32-23-9-5-6-10-24(23)33-20/h4-13,20H,14-16H2,1-3H3. The molecule has 1 amide bonds. The molecule has 0 saturated carbocycles. The van der Waals surface area contributed by atoms with Crippen molar-refractivity contribution in [2.45, 2.75) is 33.0 Å². The van der Waals surface area contributed by atoms with Gasteiger partial charge in [-0.2, -0.15) is 0 Å². The van der Waals surface area contributed by atoms with Gasteiger partial charge < -0.3 is 18.9 Å². The van der Waals surface area contributed by atoms with Crippen molar-refractivity contribution in [1.82, 2.24) is 9.47 Å². The van der Waals surface area contributed by atoms with Gasteiger partial charge in [0.15, 0.2) is 23.0 Å². The van der Waals surface area contributed by atoms with Crippen LogP contribution < -0.4 is 14.9 Å². The zero-order valence-corrected chi connectivity index (χ0v) is 20.2. The van der Waals surface area contributed by atoms with Gasteiger partial charge in [0.1, 0.15) is 12.2 Å². The van der Waals surface area contributed by atoms with Crippen molar-refractivity contribution in [2.75, 3.05) is 13.7 Å². The Morgan fingerprint density at radius 1 is 1.09 bits per heavy atom. The second-order valence-electron chi connectivity index (χ2n) is 8.63. The molecule has 0 saturated heterocycles. The van der Waals surface area contributed by atoms with Gasteiger partial charge in [0.05, 0.1) is 13.1 Å². The first-order valence-electron chi connectivity index (χ1n) is 11.2. The number of pyridine rings is 1. The number of carbonyl (C=O) groups excluding carboxylic acids is 1. The van der Waals surface area contributed by atoms with Crippen LogP contribution in [0.15, 0.2) is 65.5 Å². The van der Waals surface area contributed by atoms with Gasteiger partial charge in [0, 0.05) is 34.1 Å². The third-order valence-electron chi connectivity index (χ3n) is 6.16. The van der Waals surface area contributed by atoms with Gasteiger partial charge >= 0.3 is 0 Å². The molecule has 1 aliphatic heterocycles. The number of para-hydroxylation sites is 2. The van der Waals surface area contributed by atoms with Crippen LogP contribution in [0.5, 0.6) is 11.5 Å². The molecule has 0 fully saturated rings. The topological polar surface area (TPSA) is 60.8 Å². The Balaban J connectivity index is 1.39. The summed E-state index contributed by atoms with van der Waals surface area (Å²) < 4.78 is 15.1. The predicted molar refractivity (Wildman–Crippen MR) is 134 cm³/mol. The molecule has 5 rings (SSSR count). The molecule has 0 radical (unpaired) electrons. The summed E-state index contributed by atoms with van der Waals surface area (Å²) in [5, 5.41) is 1.16. The van der Waals surface area contributed by atoms with Crippen LogP contribution in [-0.4, -0.2) is 35.1 Å². The number of aryl methyl sites for hydroxylation is 1. The van der Waals surface area contributed by atoms with Crippen LogP contribution >= 0.6 is 11.3 Å². The van der Waals surface area contributed by atoms with Crippen LogP contribution in [-0.2, 0) is 13.1 Å². The Kier molecular flexibility index (Phi) is 5.87. The summed E-state index contributed by atoms with van der Waals surface area (Å²) in [6.07, 6.45) is -0.228. The maximum absolute atomic E-state index is 13.4. The number of hydrogen-bond donors (Lipinski definition) is 0. The molecule has 6 nitrogen and oxygen atoms in total. The van der Waals surface area contributed by atoms with Gasteiger partial charge in [-0.05, 0) is 43.5 Å². The van der Waals surface area contributed by atoms with E-state index in [0.29, 0.717) is 31.1 Å². The summed E-state index contributed by atoms with van der Waals surface area (Å²) in [6, 6.07) is 19.4. The van der Waals surface area contributed by atoms with Gasteiger partial charge in [0.25, 0.3) is 5.91 Å². The maximum Gasteiger partial charge on any atom is 0.259 e. The molecular weight excluding hydrogens is 448 g/mol. The highest BCUT2D eigenvalue weighted by Gasteiger charge is 2.25. The van der Waals surface area contributed by atoms with Crippen LogP contribution in [0.1, 0.15) is 26.6 Å². The molecular formula is C27H26N2O4S. The maximum atomic E-state index is 13.4. The first kappa shape index (κ1) is 22.2. The van der Waals surface area contributed by atoms with Crippen molar-refractivity contribution in [1.29, 1.82) is 0 Å². The van der Waals surface area contributed by atoms with Crippen LogP contribution in [0.2, 0.25) is 0 Å². The Labute approximate surface area is 202 Å². The van der Waals surface area contributed by atoms with E-state index in [0.717, 1.165) is 21.7 Å². The fourth-order valence-electron chi connectivity index (χ4n) is 4.43. The van der Waals surface area contributed by atoms with Crippen LogP contribution in [0.25, 0.3) is 10.1 Å². The molecule has 0 N–H and O–H groups in total. The molecule has 4 aromatic rings. The molecule has 2 aromatic heterocycles. The number of benzene rings is 2. The van der Waals surface area contributed by atoms with Crippen molar-refractivity contribution < 1.29 is 14.3 Å². The Morgan fingerprint density at radius 2 is 1.82 bits per heavy atom. The minimum atomic E-state index is -0.278. The van der Waals surface area contributed by atoms with Gasteiger partial charge in [-0.3, -0.25) is 9.59 Å². The highest BCUT2D eigenvalue weighted by Crippen LogP contribution is 2.31. The van der Waals surface area contributed by atoms with Crippen molar-refractivity contribution in [3.05, 3.63) is 92.7 Å². The lowest BCUT2D eigenvalue weighted by molar-refractivity contribution is 0.0756. The largest absolute Gasteiger partial charge is 0.486 e. The predicted octanol–water partition coefficient (Wildman–Crippen LogP) is 4.79. The van der Waals surface area contributed by atoms with E-state index in [1.165, 1.54) is 10.8 Å². The van der Waals surface area contributed by atoms with E-state index in [1.807, 2.05) is 54.8 Å². The Morgan fingerprint density at radius 3 is 2.62 bits per heavy atom. The fourth-order valence-corrected chi connectivity index (χ4v) is 5.54. The number of carbonyl (C=O) groups is 1. The monoisotopic (exact) mass is 474 g/mol. The summed E-state index contributed by atoms with van der Waals surface area (Å²) in [7, 11) is 1.74. The van der Waals surface area contributed by atoms with Gasteiger partial charge in [-0.25, -0.2) is 0 Å². The number of nitrogens with zero attached hydrogens (tertiary/aromatic N) is 2. The van der Waals surface area contributed by atoms with E-state index in [9.17, 15) is 9.59 Å². The average molecular weight is 475 g/mol. The van der Waals surface area contributed by atoms with Crippen molar-refractivity contribution in [2.24, 2.45) is 0 Å². The molecule has 2 aromatic carbocycles. The lowest BCUT2D eigenvalue weighted by Crippen LogP contribution is -2.37. The lowest BCUT2D eigenvalue weighted by Gasteiger charge is -2.29. The summed E-state index contributed by atoms with van der Waals surface area (Å²) >= 11 is 1.66. The number of thiophene rings is 1. The zero-order valence-electron chi connectivity index (χ0n) is 19.4. The van der Waals surface area contributed by atoms with E-state index in [2.05, 4.69) is 18.2 Å². The number of ether oxygens (including phenoxy) is 2. The number of aromatic nitrogens is 1. The van der Waals surface area contributed by atoms with Gasteiger partial charge in [0.2, 0.25) is 0 Å². The SMILES string of the molecule is Cc1cc(=O)c(C(=O)N(C)Cc2cc3ccccc3s2)c(C)n1CC1COc2ccccc2O1. The number of amides is 1. The quantitative estimate of drug-likeness (QED) is 0.417. The third kappa shape index (κ3) is 4.19. The molecule has 7 heteroatoms. The third-order valence-corrected chi connectivity index (χ3v) is 7.26.